The molecule has 106 valence electrons. The molecule has 0 amide bonds. The number of hydrogen-bond donors (Lipinski definition) is 0. The summed E-state index contributed by atoms with van der Waals surface area (Å²) in [6.45, 7) is 0.206. The van der Waals surface area contributed by atoms with Crippen LogP contribution in [0.2, 0.25) is 10.0 Å². The fourth-order valence-electron chi connectivity index (χ4n) is 1.82. The molecule has 0 aliphatic rings. The number of benzene rings is 2. The molecule has 0 fully saturated rings. The van der Waals surface area contributed by atoms with E-state index in [1.54, 1.807) is 48.5 Å². The minimum Gasteiger partial charge on any atom is -0.207 e. The van der Waals surface area contributed by atoms with Gasteiger partial charge in [0.05, 0.1) is 4.90 Å². The summed E-state index contributed by atoms with van der Waals surface area (Å²) in [6, 6.07) is 13.3. The molecule has 2 rings (SSSR count). The fourth-order valence-corrected chi connectivity index (χ4v) is 3.57. The van der Waals surface area contributed by atoms with Gasteiger partial charge in [-0.25, -0.2) is 8.42 Å². The molecule has 3 nitrogen and oxygen atoms in total. The van der Waals surface area contributed by atoms with Crippen molar-refractivity contribution < 1.29 is 8.42 Å². The van der Waals surface area contributed by atoms with Crippen LogP contribution in [0, 0.1) is 0 Å². The summed E-state index contributed by atoms with van der Waals surface area (Å²) in [4.78, 5) is 0.260. The predicted octanol–water partition coefficient (Wildman–Crippen LogP) is 3.81. The van der Waals surface area contributed by atoms with Crippen molar-refractivity contribution in [3.8, 4) is 0 Å². The highest BCUT2D eigenvalue weighted by atomic mass is 35.5. The number of rotatable bonds is 4. The lowest BCUT2D eigenvalue weighted by atomic mass is 10.2. The molecule has 20 heavy (non-hydrogen) atoms. The van der Waals surface area contributed by atoms with Crippen LogP contribution in [0.5, 0.6) is 0 Å². The van der Waals surface area contributed by atoms with Crippen molar-refractivity contribution in [2.45, 2.75) is 11.4 Å². The highest BCUT2D eigenvalue weighted by Crippen LogP contribution is 2.22. The van der Waals surface area contributed by atoms with Crippen molar-refractivity contribution in [3.63, 3.8) is 0 Å². The smallest absolute Gasteiger partial charge is 0.207 e. The Kier molecular flexibility index (Phi) is 4.70. The minimum atomic E-state index is -3.52. The Hall–Kier alpha value is -1.07. The van der Waals surface area contributed by atoms with Gasteiger partial charge in [0.25, 0.3) is 0 Å². The lowest BCUT2D eigenvalue weighted by Crippen LogP contribution is -2.26. The van der Waals surface area contributed by atoms with E-state index in [-0.39, 0.29) is 11.4 Å². The Morgan fingerprint density at radius 3 is 2.10 bits per heavy atom. The van der Waals surface area contributed by atoms with Crippen molar-refractivity contribution in [1.82, 2.24) is 4.31 Å². The second kappa shape index (κ2) is 6.14. The SMILES string of the molecule is CN(Cc1cc(Cl)cc(Cl)c1)S(=O)(=O)c1ccccc1. The quantitative estimate of drug-likeness (QED) is 0.855. The van der Waals surface area contributed by atoms with Gasteiger partial charge in [0.15, 0.2) is 0 Å². The third-order valence-electron chi connectivity index (χ3n) is 2.78. The van der Waals surface area contributed by atoms with E-state index in [2.05, 4.69) is 0 Å². The van der Waals surface area contributed by atoms with Gasteiger partial charge in [0, 0.05) is 23.6 Å². The number of halogens is 2. The molecule has 0 atom stereocenters. The third kappa shape index (κ3) is 3.52. The van der Waals surface area contributed by atoms with Crippen molar-refractivity contribution >= 4 is 33.2 Å². The number of nitrogens with zero attached hydrogens (tertiary/aromatic N) is 1. The van der Waals surface area contributed by atoms with Gasteiger partial charge in [0.2, 0.25) is 10.0 Å². The molecule has 2 aromatic carbocycles. The summed E-state index contributed by atoms with van der Waals surface area (Å²) in [6.07, 6.45) is 0. The van der Waals surface area contributed by atoms with E-state index in [0.717, 1.165) is 5.56 Å². The minimum absolute atomic E-state index is 0.206. The van der Waals surface area contributed by atoms with E-state index in [0.29, 0.717) is 10.0 Å². The Morgan fingerprint density at radius 1 is 1.00 bits per heavy atom. The molecule has 0 N–H and O–H groups in total. The summed E-state index contributed by atoms with van der Waals surface area (Å²) < 4.78 is 26.0. The molecule has 0 aromatic heterocycles. The first-order valence-corrected chi connectivity index (χ1v) is 8.05. The van der Waals surface area contributed by atoms with Crippen LogP contribution in [-0.4, -0.2) is 19.8 Å². The summed E-state index contributed by atoms with van der Waals surface area (Å²) in [7, 11) is -1.99. The first kappa shape index (κ1) is 15.3. The zero-order valence-electron chi connectivity index (χ0n) is 10.8. The Balaban J connectivity index is 2.26. The van der Waals surface area contributed by atoms with Gasteiger partial charge in [-0.15, -0.1) is 0 Å². The zero-order chi connectivity index (χ0) is 14.8. The van der Waals surface area contributed by atoms with Gasteiger partial charge in [0.1, 0.15) is 0 Å². The van der Waals surface area contributed by atoms with Crippen molar-refractivity contribution in [2.75, 3.05) is 7.05 Å². The first-order chi connectivity index (χ1) is 9.39. The normalized spacial score (nSPS) is 11.8. The Bertz CT molecular complexity index is 682. The van der Waals surface area contributed by atoms with Crippen LogP contribution < -0.4 is 0 Å². The molecule has 0 bridgehead atoms. The monoisotopic (exact) mass is 329 g/mol. The first-order valence-electron chi connectivity index (χ1n) is 5.86. The van der Waals surface area contributed by atoms with Crippen LogP contribution in [0.15, 0.2) is 53.4 Å². The second-order valence-electron chi connectivity index (χ2n) is 4.35. The largest absolute Gasteiger partial charge is 0.243 e. The van der Waals surface area contributed by atoms with E-state index < -0.39 is 10.0 Å². The average molecular weight is 330 g/mol. The molecule has 0 radical (unpaired) electrons. The maximum absolute atomic E-state index is 12.4. The molecular formula is C14H13Cl2NO2S. The van der Waals surface area contributed by atoms with E-state index in [1.165, 1.54) is 11.4 Å². The van der Waals surface area contributed by atoms with Crippen LogP contribution in [-0.2, 0) is 16.6 Å². The molecule has 0 saturated heterocycles. The number of hydrogen-bond acceptors (Lipinski definition) is 2. The van der Waals surface area contributed by atoms with Gasteiger partial charge in [-0.1, -0.05) is 41.4 Å². The van der Waals surface area contributed by atoms with Crippen molar-refractivity contribution in [1.29, 1.82) is 0 Å². The predicted molar refractivity (Wildman–Crippen MR) is 81.6 cm³/mol. The van der Waals surface area contributed by atoms with E-state index in [1.807, 2.05) is 0 Å². The molecule has 0 heterocycles. The standard InChI is InChI=1S/C14H13Cl2NO2S/c1-17(10-11-7-12(15)9-13(16)8-11)20(18,19)14-5-3-2-4-6-14/h2-9H,10H2,1H3. The van der Waals surface area contributed by atoms with Gasteiger partial charge in [-0.05, 0) is 35.9 Å². The lowest BCUT2D eigenvalue weighted by Gasteiger charge is -2.17. The van der Waals surface area contributed by atoms with Gasteiger partial charge < -0.3 is 0 Å². The second-order valence-corrected chi connectivity index (χ2v) is 7.27. The molecule has 0 aliphatic heterocycles. The maximum Gasteiger partial charge on any atom is 0.243 e. The Labute approximate surface area is 128 Å². The summed E-state index contributed by atoms with van der Waals surface area (Å²) >= 11 is 11.8. The van der Waals surface area contributed by atoms with Crippen LogP contribution in [0.4, 0.5) is 0 Å². The van der Waals surface area contributed by atoms with Crippen LogP contribution >= 0.6 is 23.2 Å². The van der Waals surface area contributed by atoms with Gasteiger partial charge in [-0.3, -0.25) is 0 Å². The average Bonchev–Trinajstić information content (AvgIpc) is 2.38. The summed E-state index contributed by atoms with van der Waals surface area (Å²) in [5.41, 5.74) is 0.740. The van der Waals surface area contributed by atoms with E-state index >= 15 is 0 Å². The molecule has 0 unspecified atom stereocenters. The van der Waals surface area contributed by atoms with E-state index in [9.17, 15) is 8.42 Å². The number of sulfonamides is 1. The lowest BCUT2D eigenvalue weighted by molar-refractivity contribution is 0.467. The molecule has 6 heteroatoms. The maximum atomic E-state index is 12.4. The van der Waals surface area contributed by atoms with Gasteiger partial charge in [-0.2, -0.15) is 4.31 Å². The molecule has 0 aliphatic carbocycles. The van der Waals surface area contributed by atoms with E-state index in [4.69, 9.17) is 23.2 Å². The van der Waals surface area contributed by atoms with Crippen LogP contribution in [0.1, 0.15) is 5.56 Å². The summed E-state index contributed by atoms with van der Waals surface area (Å²) in [5, 5.41) is 0.969. The topological polar surface area (TPSA) is 37.4 Å². The molecule has 0 spiro atoms. The molecule has 0 saturated carbocycles. The van der Waals surface area contributed by atoms with Crippen LogP contribution in [0.25, 0.3) is 0 Å². The van der Waals surface area contributed by atoms with Crippen molar-refractivity contribution in [3.05, 3.63) is 64.1 Å². The van der Waals surface area contributed by atoms with Gasteiger partial charge >= 0.3 is 0 Å². The summed E-state index contributed by atoms with van der Waals surface area (Å²) in [5.74, 6) is 0. The molecular weight excluding hydrogens is 317 g/mol. The highest BCUT2D eigenvalue weighted by molar-refractivity contribution is 7.89. The van der Waals surface area contributed by atoms with Crippen molar-refractivity contribution in [2.24, 2.45) is 0 Å². The fraction of sp³-hybridized carbons (Fsp3) is 0.143. The Morgan fingerprint density at radius 2 is 1.55 bits per heavy atom. The molecule has 2 aromatic rings. The zero-order valence-corrected chi connectivity index (χ0v) is 13.1. The van der Waals surface area contributed by atoms with Crippen LogP contribution in [0.3, 0.4) is 0 Å². The third-order valence-corrected chi connectivity index (χ3v) is 5.03. The highest BCUT2D eigenvalue weighted by Gasteiger charge is 2.20.